The number of aromatic nitrogens is 2. The molecule has 0 radical (unpaired) electrons. The number of carbonyl (C=O) groups excluding carboxylic acids is 1. The Morgan fingerprint density at radius 3 is 2.87 bits per heavy atom. The number of nitrogens with zero attached hydrogens (tertiary/aromatic N) is 2. The van der Waals surface area contributed by atoms with Crippen LogP contribution >= 0.6 is 11.3 Å². The summed E-state index contributed by atoms with van der Waals surface area (Å²) in [5.74, 6) is -0.149. The van der Waals surface area contributed by atoms with E-state index in [9.17, 15) is 13.6 Å². The number of thiazole rings is 1. The highest BCUT2D eigenvalue weighted by Gasteiger charge is 2.22. The number of para-hydroxylation sites is 1. The molecule has 0 amide bonds. The van der Waals surface area contributed by atoms with Crippen LogP contribution < -0.4 is 9.47 Å². The average Bonchev–Trinajstić information content (AvgIpc) is 3.46. The predicted octanol–water partition coefficient (Wildman–Crippen LogP) is 5.67. The summed E-state index contributed by atoms with van der Waals surface area (Å²) in [5, 5.41) is 1.86. The van der Waals surface area contributed by atoms with Crippen molar-refractivity contribution in [2.75, 3.05) is 6.61 Å². The Labute approximate surface area is 182 Å². The van der Waals surface area contributed by atoms with Crippen LogP contribution in [0.3, 0.4) is 0 Å². The molecular formula is C22H22F2N2O4S. The van der Waals surface area contributed by atoms with Gasteiger partial charge in [-0.1, -0.05) is 12.1 Å². The number of imidazole rings is 1. The maximum absolute atomic E-state index is 12.9. The van der Waals surface area contributed by atoms with Crippen LogP contribution in [-0.4, -0.2) is 34.7 Å². The molecule has 0 saturated heterocycles. The number of carbonyl (C=O) groups is 1. The number of ether oxygens (including phenoxy) is 3. The van der Waals surface area contributed by atoms with Gasteiger partial charge in [0.15, 0.2) is 22.2 Å². The van der Waals surface area contributed by atoms with E-state index in [2.05, 4.69) is 4.98 Å². The minimum atomic E-state index is -2.94. The highest BCUT2D eigenvalue weighted by Crippen LogP contribution is 2.37. The number of fused-ring (bicyclic) bond motifs is 1. The number of benzene rings is 1. The summed E-state index contributed by atoms with van der Waals surface area (Å²) in [4.78, 5) is 17.1. The zero-order chi connectivity index (χ0) is 21.8. The molecule has 1 aromatic carbocycles. The van der Waals surface area contributed by atoms with E-state index in [1.54, 1.807) is 35.6 Å². The highest BCUT2D eigenvalue weighted by atomic mass is 32.1. The van der Waals surface area contributed by atoms with Gasteiger partial charge in [-0.25, -0.2) is 9.78 Å². The molecule has 1 saturated carbocycles. The van der Waals surface area contributed by atoms with Crippen molar-refractivity contribution in [3.05, 3.63) is 46.7 Å². The van der Waals surface area contributed by atoms with Crippen LogP contribution in [0, 0.1) is 0 Å². The normalized spacial score (nSPS) is 14.7. The van der Waals surface area contributed by atoms with Gasteiger partial charge in [0, 0.05) is 10.9 Å². The van der Waals surface area contributed by atoms with E-state index in [1.165, 1.54) is 23.6 Å². The van der Waals surface area contributed by atoms with E-state index in [1.807, 2.05) is 5.38 Å². The summed E-state index contributed by atoms with van der Waals surface area (Å²) in [7, 11) is 0. The maximum atomic E-state index is 12.9. The molecular weight excluding hydrogens is 426 g/mol. The zero-order valence-corrected chi connectivity index (χ0v) is 17.7. The summed E-state index contributed by atoms with van der Waals surface area (Å²) < 4.78 is 43.4. The predicted molar refractivity (Wildman–Crippen MR) is 114 cm³/mol. The Bertz CT molecular complexity index is 1090. The van der Waals surface area contributed by atoms with Crippen molar-refractivity contribution in [3.8, 4) is 11.5 Å². The quantitative estimate of drug-likeness (QED) is 0.416. The highest BCUT2D eigenvalue weighted by molar-refractivity contribution is 7.15. The molecule has 0 spiro atoms. The molecule has 0 bridgehead atoms. The van der Waals surface area contributed by atoms with Crippen molar-refractivity contribution in [2.24, 2.45) is 0 Å². The smallest absolute Gasteiger partial charge is 0.387 e. The van der Waals surface area contributed by atoms with Gasteiger partial charge in [-0.2, -0.15) is 8.78 Å². The van der Waals surface area contributed by atoms with Crippen molar-refractivity contribution >= 4 is 34.4 Å². The topological polar surface area (TPSA) is 62.1 Å². The molecule has 4 rings (SSSR count). The molecule has 2 heterocycles. The molecule has 6 nitrogen and oxygen atoms in total. The van der Waals surface area contributed by atoms with Gasteiger partial charge >= 0.3 is 12.6 Å². The van der Waals surface area contributed by atoms with Crippen molar-refractivity contribution in [1.29, 1.82) is 0 Å². The Balaban J connectivity index is 1.68. The second-order valence-electron chi connectivity index (χ2n) is 7.05. The lowest BCUT2D eigenvalue weighted by molar-refractivity contribution is -0.0520. The lowest BCUT2D eigenvalue weighted by Gasteiger charge is -2.18. The fourth-order valence-corrected chi connectivity index (χ4v) is 4.46. The summed E-state index contributed by atoms with van der Waals surface area (Å²) >= 11 is 1.39. The average molecular weight is 448 g/mol. The molecule has 2 aromatic heterocycles. The van der Waals surface area contributed by atoms with E-state index < -0.39 is 12.6 Å². The number of alkyl halides is 2. The van der Waals surface area contributed by atoms with Crippen molar-refractivity contribution in [3.63, 3.8) is 0 Å². The fraction of sp³-hybridized carbons (Fsp3) is 0.364. The molecule has 164 valence electrons. The zero-order valence-electron chi connectivity index (χ0n) is 16.9. The Kier molecular flexibility index (Phi) is 6.50. The first-order valence-corrected chi connectivity index (χ1v) is 11.0. The Morgan fingerprint density at radius 1 is 1.32 bits per heavy atom. The fourth-order valence-electron chi connectivity index (χ4n) is 3.62. The number of rotatable bonds is 8. The van der Waals surface area contributed by atoms with E-state index in [4.69, 9.17) is 14.2 Å². The van der Waals surface area contributed by atoms with Gasteiger partial charge < -0.3 is 14.2 Å². The first kappa shape index (κ1) is 21.3. The molecule has 1 fully saturated rings. The van der Waals surface area contributed by atoms with Gasteiger partial charge in [-0.3, -0.25) is 4.40 Å². The number of esters is 1. The summed E-state index contributed by atoms with van der Waals surface area (Å²) in [5.41, 5.74) is 1.66. The third-order valence-electron chi connectivity index (χ3n) is 5.00. The molecule has 9 heteroatoms. The van der Waals surface area contributed by atoms with Crippen LogP contribution in [0.15, 0.2) is 29.8 Å². The van der Waals surface area contributed by atoms with Gasteiger partial charge in [0.05, 0.1) is 24.6 Å². The van der Waals surface area contributed by atoms with Gasteiger partial charge in [-0.05, 0) is 50.8 Å². The van der Waals surface area contributed by atoms with Gasteiger partial charge in [0.25, 0.3) is 0 Å². The lowest BCUT2D eigenvalue weighted by atomic mass is 10.1. The van der Waals surface area contributed by atoms with Crippen LogP contribution in [0.2, 0.25) is 0 Å². The van der Waals surface area contributed by atoms with Gasteiger partial charge in [0.2, 0.25) is 0 Å². The summed E-state index contributed by atoms with van der Waals surface area (Å²) in [6.45, 7) is -0.940. The minimum absolute atomic E-state index is 0.00867. The Hall–Kier alpha value is -2.94. The van der Waals surface area contributed by atoms with Crippen molar-refractivity contribution in [2.45, 2.75) is 45.3 Å². The third-order valence-corrected chi connectivity index (χ3v) is 5.86. The van der Waals surface area contributed by atoms with Crippen LogP contribution in [0.4, 0.5) is 8.78 Å². The second-order valence-corrected chi connectivity index (χ2v) is 7.89. The van der Waals surface area contributed by atoms with E-state index in [-0.39, 0.29) is 18.5 Å². The van der Waals surface area contributed by atoms with E-state index >= 15 is 0 Å². The molecule has 3 aromatic rings. The van der Waals surface area contributed by atoms with Crippen LogP contribution in [0.25, 0.3) is 17.1 Å². The number of halogens is 2. The molecule has 0 N–H and O–H groups in total. The van der Waals surface area contributed by atoms with Gasteiger partial charge in [-0.15, -0.1) is 11.3 Å². The van der Waals surface area contributed by atoms with Crippen LogP contribution in [0.1, 0.15) is 54.4 Å². The largest absolute Gasteiger partial charge is 0.486 e. The first-order valence-electron chi connectivity index (χ1n) is 10.1. The number of hydrogen-bond donors (Lipinski definition) is 0. The molecule has 0 unspecified atom stereocenters. The standard InChI is InChI=1S/C22H22F2N2O4S/c1-2-28-20(27)17-12-25-22-26(17)15(13-31-22)11-10-14-6-5-9-18(30-21(23)24)19(14)29-16-7-3-4-8-16/h5-6,9-13,16,21H,2-4,7-8H2,1H3/b11-10+. The van der Waals surface area contributed by atoms with Gasteiger partial charge in [0.1, 0.15) is 0 Å². The SMILES string of the molecule is CCOC(=O)c1cnc2scc(/C=C/c3cccc(OC(F)F)c3OC3CCCC3)n12. The monoisotopic (exact) mass is 448 g/mol. The molecule has 31 heavy (non-hydrogen) atoms. The van der Waals surface area contributed by atoms with E-state index in [0.29, 0.717) is 27.7 Å². The Morgan fingerprint density at radius 2 is 2.13 bits per heavy atom. The van der Waals surface area contributed by atoms with Crippen LogP contribution in [0.5, 0.6) is 11.5 Å². The minimum Gasteiger partial charge on any atom is -0.486 e. The second kappa shape index (κ2) is 9.47. The van der Waals surface area contributed by atoms with Crippen LogP contribution in [-0.2, 0) is 4.74 Å². The molecule has 0 aliphatic heterocycles. The molecule has 0 atom stereocenters. The van der Waals surface area contributed by atoms with E-state index in [0.717, 1.165) is 25.7 Å². The maximum Gasteiger partial charge on any atom is 0.387 e. The summed E-state index contributed by atoms with van der Waals surface area (Å²) in [6.07, 6.45) is 8.88. The van der Waals surface area contributed by atoms with Crippen molar-refractivity contribution in [1.82, 2.24) is 9.38 Å². The van der Waals surface area contributed by atoms with Crippen molar-refractivity contribution < 1.29 is 27.8 Å². The molecule has 1 aliphatic rings. The first-order chi connectivity index (χ1) is 15.1. The lowest BCUT2D eigenvalue weighted by Crippen LogP contribution is -2.13. The number of hydrogen-bond acceptors (Lipinski definition) is 6. The third kappa shape index (κ3) is 4.71. The molecule has 1 aliphatic carbocycles. The summed E-state index contributed by atoms with van der Waals surface area (Å²) in [6, 6.07) is 4.90.